The Kier molecular flexibility index (Phi) is 3.70. The first-order valence-electron chi connectivity index (χ1n) is 7.95. The Balaban J connectivity index is 1.42. The van der Waals surface area contributed by atoms with Crippen molar-refractivity contribution in [2.75, 3.05) is 6.54 Å². The number of carbonyl (C=O) groups is 1. The summed E-state index contributed by atoms with van der Waals surface area (Å²) in [5.41, 5.74) is 0.204. The highest BCUT2D eigenvalue weighted by Crippen LogP contribution is 2.38. The van der Waals surface area contributed by atoms with Gasteiger partial charge in [0.05, 0.1) is 0 Å². The number of likely N-dealkylation sites (tertiary alicyclic amines) is 1. The molecule has 2 aromatic rings. The van der Waals surface area contributed by atoms with Crippen LogP contribution in [0.25, 0.3) is 0 Å². The second-order valence-corrected chi connectivity index (χ2v) is 6.31. The minimum atomic E-state index is -0.793. The third-order valence-electron chi connectivity index (χ3n) is 4.73. The van der Waals surface area contributed by atoms with Gasteiger partial charge in [0.2, 0.25) is 0 Å². The second-order valence-electron chi connectivity index (χ2n) is 6.31. The van der Waals surface area contributed by atoms with Crippen LogP contribution >= 0.6 is 0 Å². The lowest BCUT2D eigenvalue weighted by Crippen LogP contribution is -2.37. The average Bonchev–Trinajstić information content (AvgIpc) is 3.30. The largest absolute Gasteiger partial charge is 0.479 e. The monoisotopic (exact) mass is 334 g/mol. The number of hydrogen-bond donors (Lipinski definition) is 0. The van der Waals surface area contributed by atoms with Crippen LogP contribution in [0.2, 0.25) is 0 Å². The Hall–Kier alpha value is -2.44. The molecule has 1 saturated carbocycles. The summed E-state index contributed by atoms with van der Waals surface area (Å²) in [7, 11) is 0. The number of rotatable bonds is 4. The summed E-state index contributed by atoms with van der Waals surface area (Å²) in [6, 6.07) is 5.23. The van der Waals surface area contributed by atoms with E-state index in [1.807, 2.05) is 4.90 Å². The molecule has 1 aromatic heterocycles. The van der Waals surface area contributed by atoms with Crippen molar-refractivity contribution in [1.82, 2.24) is 10.1 Å². The third kappa shape index (κ3) is 2.64. The summed E-state index contributed by atoms with van der Waals surface area (Å²) in [6.07, 6.45) is 3.28. The average molecular weight is 334 g/mol. The smallest absolute Gasteiger partial charge is 0.276 e. The predicted molar refractivity (Wildman–Crippen MR) is 79.4 cm³/mol. The molecule has 1 aromatic carbocycles. The summed E-state index contributed by atoms with van der Waals surface area (Å²) < 4.78 is 37.2. The van der Waals surface area contributed by atoms with Gasteiger partial charge in [-0.2, -0.15) is 0 Å². The Morgan fingerprint density at radius 1 is 1.33 bits per heavy atom. The number of ether oxygens (including phenoxy) is 1. The van der Waals surface area contributed by atoms with E-state index in [0.29, 0.717) is 12.0 Å². The first kappa shape index (κ1) is 15.1. The van der Waals surface area contributed by atoms with Crippen LogP contribution in [0.5, 0.6) is 5.75 Å². The van der Waals surface area contributed by atoms with Crippen LogP contribution in [-0.2, 0) is 6.61 Å². The number of amides is 1. The lowest BCUT2D eigenvalue weighted by Gasteiger charge is -2.25. The molecule has 5 nitrogen and oxygen atoms in total. The van der Waals surface area contributed by atoms with Crippen molar-refractivity contribution in [2.45, 2.75) is 31.9 Å². The fourth-order valence-electron chi connectivity index (χ4n) is 3.57. The molecular weight excluding hydrogens is 318 g/mol. The van der Waals surface area contributed by atoms with Gasteiger partial charge in [-0.15, -0.1) is 0 Å². The van der Waals surface area contributed by atoms with Gasteiger partial charge in [0, 0.05) is 18.7 Å². The Morgan fingerprint density at radius 3 is 2.79 bits per heavy atom. The van der Waals surface area contributed by atoms with Gasteiger partial charge >= 0.3 is 0 Å². The van der Waals surface area contributed by atoms with Crippen LogP contribution in [-0.4, -0.2) is 28.6 Å². The standard InChI is InChI=1S/C17H16F2N2O3/c18-13-2-1-3-14(19)16(13)23-9-12-7-15(20-24-12)17(22)21-8-10-4-5-11(21)6-10/h1-3,7,10-11H,4-6,8-9H2/t10-,11-/m0/s1. The molecule has 1 aliphatic heterocycles. The van der Waals surface area contributed by atoms with Gasteiger partial charge in [0.1, 0.15) is 6.61 Å². The van der Waals surface area contributed by atoms with Crippen molar-refractivity contribution in [1.29, 1.82) is 0 Å². The normalized spacial score (nSPS) is 22.2. The number of piperidine rings is 1. The molecule has 1 amide bonds. The van der Waals surface area contributed by atoms with Crippen LogP contribution in [0.3, 0.4) is 0 Å². The van der Waals surface area contributed by atoms with Crippen LogP contribution in [0.1, 0.15) is 35.5 Å². The molecule has 0 spiro atoms. The van der Waals surface area contributed by atoms with E-state index in [2.05, 4.69) is 5.16 Å². The van der Waals surface area contributed by atoms with Crippen LogP contribution in [0.4, 0.5) is 8.78 Å². The number of carbonyl (C=O) groups excluding carboxylic acids is 1. The zero-order valence-corrected chi connectivity index (χ0v) is 12.9. The fourth-order valence-corrected chi connectivity index (χ4v) is 3.57. The zero-order valence-electron chi connectivity index (χ0n) is 12.9. The second kappa shape index (κ2) is 5.89. The lowest BCUT2D eigenvalue weighted by molar-refractivity contribution is 0.0693. The summed E-state index contributed by atoms with van der Waals surface area (Å²) in [5, 5.41) is 3.77. The molecule has 2 bridgehead atoms. The quantitative estimate of drug-likeness (QED) is 0.862. The predicted octanol–water partition coefficient (Wildman–Crippen LogP) is 3.16. The molecule has 2 fully saturated rings. The SMILES string of the molecule is O=C(c1cc(COc2c(F)cccc2F)on1)N1C[C@H]2CC[C@H]1C2. The van der Waals surface area contributed by atoms with E-state index >= 15 is 0 Å². The Morgan fingerprint density at radius 2 is 2.12 bits per heavy atom. The first-order chi connectivity index (χ1) is 11.6. The summed E-state index contributed by atoms with van der Waals surface area (Å²) >= 11 is 0. The Bertz CT molecular complexity index is 757. The van der Waals surface area contributed by atoms with E-state index in [4.69, 9.17) is 9.26 Å². The number of para-hydroxylation sites is 1. The maximum Gasteiger partial charge on any atom is 0.276 e. The van der Waals surface area contributed by atoms with Crippen molar-refractivity contribution in [2.24, 2.45) is 5.92 Å². The minimum absolute atomic E-state index is 0.158. The molecule has 0 N–H and O–H groups in total. The van der Waals surface area contributed by atoms with Crippen molar-refractivity contribution in [3.63, 3.8) is 0 Å². The topological polar surface area (TPSA) is 55.6 Å². The van der Waals surface area contributed by atoms with Crippen molar-refractivity contribution in [3.8, 4) is 5.75 Å². The highest BCUT2D eigenvalue weighted by atomic mass is 19.1. The number of halogens is 2. The highest BCUT2D eigenvalue weighted by molar-refractivity contribution is 5.92. The molecule has 0 radical (unpaired) electrons. The first-order valence-corrected chi connectivity index (χ1v) is 7.95. The van der Waals surface area contributed by atoms with Gasteiger partial charge in [-0.05, 0) is 37.3 Å². The van der Waals surface area contributed by atoms with Gasteiger partial charge in [-0.3, -0.25) is 4.79 Å². The molecule has 2 aliphatic rings. The summed E-state index contributed by atoms with van der Waals surface area (Å²) in [5.74, 6) is -1.38. The lowest BCUT2D eigenvalue weighted by atomic mass is 10.1. The van der Waals surface area contributed by atoms with E-state index < -0.39 is 17.4 Å². The molecule has 1 saturated heterocycles. The number of benzene rings is 1. The van der Waals surface area contributed by atoms with Crippen LogP contribution in [0, 0.1) is 17.6 Å². The van der Waals surface area contributed by atoms with E-state index in [9.17, 15) is 13.6 Å². The number of fused-ring (bicyclic) bond motifs is 2. The van der Waals surface area contributed by atoms with E-state index in [0.717, 1.165) is 31.5 Å². The number of nitrogens with zero attached hydrogens (tertiary/aromatic N) is 2. The maximum absolute atomic E-state index is 13.5. The third-order valence-corrected chi connectivity index (χ3v) is 4.73. The van der Waals surface area contributed by atoms with Gasteiger partial charge in [-0.25, -0.2) is 8.78 Å². The molecular formula is C17H16F2N2O3. The van der Waals surface area contributed by atoms with Gasteiger partial charge < -0.3 is 14.2 Å². The molecule has 126 valence electrons. The zero-order chi connectivity index (χ0) is 16.7. The maximum atomic E-state index is 13.5. The van der Waals surface area contributed by atoms with Crippen LogP contribution < -0.4 is 4.74 Å². The van der Waals surface area contributed by atoms with Crippen molar-refractivity contribution in [3.05, 3.63) is 47.4 Å². The summed E-state index contributed by atoms with van der Waals surface area (Å²) in [4.78, 5) is 14.3. The van der Waals surface area contributed by atoms with Crippen molar-refractivity contribution < 1.29 is 22.8 Å². The van der Waals surface area contributed by atoms with Gasteiger partial charge in [0.15, 0.2) is 28.8 Å². The molecule has 7 heteroatoms. The van der Waals surface area contributed by atoms with E-state index in [1.165, 1.54) is 18.6 Å². The molecule has 2 heterocycles. The minimum Gasteiger partial charge on any atom is -0.479 e. The molecule has 24 heavy (non-hydrogen) atoms. The molecule has 0 unspecified atom stereocenters. The summed E-state index contributed by atoms with van der Waals surface area (Å²) in [6.45, 7) is 0.562. The molecule has 4 rings (SSSR count). The van der Waals surface area contributed by atoms with Crippen LogP contribution in [0.15, 0.2) is 28.8 Å². The fraction of sp³-hybridized carbons (Fsp3) is 0.412. The molecule has 2 atom stereocenters. The van der Waals surface area contributed by atoms with E-state index in [1.54, 1.807) is 0 Å². The van der Waals surface area contributed by atoms with E-state index in [-0.39, 0.29) is 24.0 Å². The Labute approximate surface area is 137 Å². The number of aromatic nitrogens is 1. The highest BCUT2D eigenvalue weighted by Gasteiger charge is 2.41. The van der Waals surface area contributed by atoms with Crippen molar-refractivity contribution >= 4 is 5.91 Å². The molecule has 1 aliphatic carbocycles. The number of hydrogen-bond acceptors (Lipinski definition) is 4. The van der Waals surface area contributed by atoms with Gasteiger partial charge in [0.25, 0.3) is 5.91 Å². The van der Waals surface area contributed by atoms with Gasteiger partial charge in [-0.1, -0.05) is 11.2 Å².